The van der Waals surface area contributed by atoms with Crippen molar-refractivity contribution in [2.45, 2.75) is 0 Å². The van der Waals surface area contributed by atoms with Crippen LogP contribution in [0.25, 0.3) is 76.5 Å². The number of nitrogens with zero attached hydrogens (tertiary/aromatic N) is 1. The zero-order chi connectivity index (χ0) is 35.1. The Hall–Kier alpha value is -6.96. The number of benzene rings is 10. The Balaban J connectivity index is 1.22. The van der Waals surface area contributed by atoms with Crippen LogP contribution in [0.3, 0.4) is 0 Å². The van der Waals surface area contributed by atoms with Crippen molar-refractivity contribution in [3.63, 3.8) is 0 Å². The fourth-order valence-electron chi connectivity index (χ4n) is 8.08. The summed E-state index contributed by atoms with van der Waals surface area (Å²) in [5.41, 5.74) is 10.5. The van der Waals surface area contributed by atoms with Gasteiger partial charge in [0.2, 0.25) is 0 Å². The quantitative estimate of drug-likeness (QED) is 0.159. The van der Waals surface area contributed by atoms with E-state index in [-0.39, 0.29) is 0 Å². The van der Waals surface area contributed by atoms with Crippen LogP contribution in [0.5, 0.6) is 0 Å². The van der Waals surface area contributed by atoms with Gasteiger partial charge in [0, 0.05) is 17.1 Å². The molecule has 0 saturated heterocycles. The number of fused-ring (bicyclic) bond motifs is 6. The normalized spacial score (nSPS) is 11.4. The summed E-state index contributed by atoms with van der Waals surface area (Å²) < 4.78 is 0. The standard InChI is InChI=1S/C52H35N/c1-3-14-36(15-4-1)41-21-13-22-43(32-41)53(44-29-28-37-16-7-8-20-40(37)33-44)45-30-31-48(50(35-45)38-17-5-2-6-18-38)51-34-42-27-26-39-19-9-10-23-46(39)52(42)49-25-12-11-24-47(49)51/h1-35H. The van der Waals surface area contributed by atoms with Crippen LogP contribution in [0.15, 0.2) is 212 Å². The maximum Gasteiger partial charge on any atom is 0.0468 e. The molecule has 248 valence electrons. The molecule has 0 radical (unpaired) electrons. The van der Waals surface area contributed by atoms with Gasteiger partial charge in [-0.1, -0.05) is 170 Å². The molecule has 0 amide bonds. The highest BCUT2D eigenvalue weighted by Gasteiger charge is 2.19. The third-order valence-corrected chi connectivity index (χ3v) is 10.6. The monoisotopic (exact) mass is 673 g/mol. The summed E-state index contributed by atoms with van der Waals surface area (Å²) in [5, 5.41) is 10.1. The minimum Gasteiger partial charge on any atom is -0.310 e. The maximum absolute atomic E-state index is 2.40. The summed E-state index contributed by atoms with van der Waals surface area (Å²) in [7, 11) is 0. The van der Waals surface area contributed by atoms with Gasteiger partial charge in [-0.3, -0.25) is 0 Å². The Bertz CT molecular complexity index is 2940. The lowest BCUT2D eigenvalue weighted by Gasteiger charge is -2.28. The van der Waals surface area contributed by atoms with E-state index in [9.17, 15) is 0 Å². The number of anilines is 3. The maximum atomic E-state index is 2.40. The summed E-state index contributed by atoms with van der Waals surface area (Å²) in [6.07, 6.45) is 0. The van der Waals surface area contributed by atoms with Crippen LogP contribution >= 0.6 is 0 Å². The SMILES string of the molecule is c1ccc(-c2cccc(N(c3ccc(-c4cc5ccc6ccccc6c5c5ccccc45)c(-c4ccccc4)c3)c3ccc4ccccc4c3)c2)cc1. The molecule has 0 aliphatic heterocycles. The van der Waals surface area contributed by atoms with E-state index in [1.165, 1.54) is 76.5 Å². The molecule has 0 N–H and O–H groups in total. The number of hydrogen-bond acceptors (Lipinski definition) is 1. The van der Waals surface area contributed by atoms with Crippen molar-refractivity contribution >= 4 is 60.2 Å². The smallest absolute Gasteiger partial charge is 0.0468 e. The summed E-state index contributed by atoms with van der Waals surface area (Å²) in [4.78, 5) is 2.40. The summed E-state index contributed by atoms with van der Waals surface area (Å²) in [5.74, 6) is 0. The fraction of sp³-hybridized carbons (Fsp3) is 0. The van der Waals surface area contributed by atoms with E-state index in [2.05, 4.69) is 217 Å². The van der Waals surface area contributed by atoms with Gasteiger partial charge in [-0.2, -0.15) is 0 Å². The van der Waals surface area contributed by atoms with Gasteiger partial charge in [-0.05, 0) is 119 Å². The van der Waals surface area contributed by atoms with E-state index in [0.29, 0.717) is 0 Å². The number of hydrogen-bond donors (Lipinski definition) is 0. The minimum absolute atomic E-state index is 1.10. The molecule has 1 heteroatoms. The molecule has 0 aliphatic carbocycles. The average molecular weight is 674 g/mol. The van der Waals surface area contributed by atoms with Gasteiger partial charge in [-0.15, -0.1) is 0 Å². The molecule has 10 aromatic carbocycles. The van der Waals surface area contributed by atoms with Gasteiger partial charge in [-0.25, -0.2) is 0 Å². The van der Waals surface area contributed by atoms with Gasteiger partial charge in [0.05, 0.1) is 0 Å². The van der Waals surface area contributed by atoms with Crippen LogP contribution in [0.2, 0.25) is 0 Å². The van der Waals surface area contributed by atoms with Crippen LogP contribution < -0.4 is 4.90 Å². The Morgan fingerprint density at radius 2 is 0.811 bits per heavy atom. The zero-order valence-corrected chi connectivity index (χ0v) is 29.2. The third kappa shape index (κ3) is 5.51. The lowest BCUT2D eigenvalue weighted by molar-refractivity contribution is 1.29. The molecule has 0 aliphatic rings. The van der Waals surface area contributed by atoms with E-state index >= 15 is 0 Å². The highest BCUT2D eigenvalue weighted by atomic mass is 15.1. The van der Waals surface area contributed by atoms with Crippen molar-refractivity contribution in [1.29, 1.82) is 0 Å². The highest BCUT2D eigenvalue weighted by molar-refractivity contribution is 6.23. The Morgan fingerprint density at radius 3 is 1.62 bits per heavy atom. The molecule has 0 spiro atoms. The van der Waals surface area contributed by atoms with Crippen LogP contribution in [0, 0.1) is 0 Å². The van der Waals surface area contributed by atoms with Gasteiger partial charge in [0.1, 0.15) is 0 Å². The second kappa shape index (κ2) is 13.0. The Labute approximate surface area is 309 Å². The highest BCUT2D eigenvalue weighted by Crippen LogP contribution is 2.45. The first kappa shape index (κ1) is 30.8. The molecule has 0 bridgehead atoms. The summed E-state index contributed by atoms with van der Waals surface area (Å²) >= 11 is 0. The zero-order valence-electron chi connectivity index (χ0n) is 29.2. The molecule has 53 heavy (non-hydrogen) atoms. The van der Waals surface area contributed by atoms with E-state index in [1.54, 1.807) is 0 Å². The van der Waals surface area contributed by atoms with Crippen molar-refractivity contribution in [2.24, 2.45) is 0 Å². The molecule has 10 aromatic rings. The lowest BCUT2D eigenvalue weighted by atomic mass is 9.87. The van der Waals surface area contributed by atoms with Crippen molar-refractivity contribution in [1.82, 2.24) is 0 Å². The second-order valence-electron chi connectivity index (χ2n) is 13.7. The van der Waals surface area contributed by atoms with Crippen LogP contribution in [0.4, 0.5) is 17.1 Å². The second-order valence-corrected chi connectivity index (χ2v) is 13.7. The molecule has 0 heterocycles. The Kier molecular flexibility index (Phi) is 7.55. The van der Waals surface area contributed by atoms with Crippen molar-refractivity contribution in [3.8, 4) is 33.4 Å². The van der Waals surface area contributed by atoms with Gasteiger partial charge < -0.3 is 4.90 Å². The minimum atomic E-state index is 1.10. The summed E-state index contributed by atoms with van der Waals surface area (Å²) in [6, 6.07) is 77.3. The van der Waals surface area contributed by atoms with E-state index < -0.39 is 0 Å². The predicted molar refractivity (Wildman–Crippen MR) is 227 cm³/mol. The van der Waals surface area contributed by atoms with Crippen LogP contribution in [-0.4, -0.2) is 0 Å². The van der Waals surface area contributed by atoms with E-state index in [0.717, 1.165) is 17.1 Å². The molecular formula is C52H35N. The molecule has 1 nitrogen and oxygen atoms in total. The molecule has 0 atom stereocenters. The van der Waals surface area contributed by atoms with Crippen molar-refractivity contribution < 1.29 is 0 Å². The average Bonchev–Trinajstić information content (AvgIpc) is 3.24. The van der Waals surface area contributed by atoms with Gasteiger partial charge in [0.25, 0.3) is 0 Å². The molecule has 0 saturated carbocycles. The summed E-state index contributed by atoms with van der Waals surface area (Å²) in [6.45, 7) is 0. The van der Waals surface area contributed by atoms with Gasteiger partial charge >= 0.3 is 0 Å². The Morgan fingerprint density at radius 1 is 0.245 bits per heavy atom. The first-order chi connectivity index (χ1) is 26.3. The third-order valence-electron chi connectivity index (χ3n) is 10.6. The van der Waals surface area contributed by atoms with E-state index in [1.807, 2.05) is 0 Å². The largest absolute Gasteiger partial charge is 0.310 e. The first-order valence-electron chi connectivity index (χ1n) is 18.3. The van der Waals surface area contributed by atoms with Crippen molar-refractivity contribution in [3.05, 3.63) is 212 Å². The van der Waals surface area contributed by atoms with Crippen molar-refractivity contribution in [2.75, 3.05) is 4.90 Å². The molecule has 0 unspecified atom stereocenters. The first-order valence-corrected chi connectivity index (χ1v) is 18.3. The molecule has 0 fully saturated rings. The van der Waals surface area contributed by atoms with Crippen LogP contribution in [0.1, 0.15) is 0 Å². The molecule has 10 rings (SSSR count). The van der Waals surface area contributed by atoms with E-state index in [4.69, 9.17) is 0 Å². The fourth-order valence-corrected chi connectivity index (χ4v) is 8.08. The predicted octanol–water partition coefficient (Wildman–Crippen LogP) is 14.8. The topological polar surface area (TPSA) is 3.24 Å². The molecule has 0 aromatic heterocycles. The lowest BCUT2D eigenvalue weighted by Crippen LogP contribution is -2.10. The van der Waals surface area contributed by atoms with Gasteiger partial charge in [0.15, 0.2) is 0 Å². The molecular weight excluding hydrogens is 639 g/mol. The van der Waals surface area contributed by atoms with Crippen LogP contribution in [-0.2, 0) is 0 Å². The number of rotatable bonds is 6.